The highest BCUT2D eigenvalue weighted by Crippen LogP contribution is 2.30. The Morgan fingerprint density at radius 2 is 1.38 bits per heavy atom. The van der Waals surface area contributed by atoms with Crippen LogP contribution in [0.4, 0.5) is 52.5 Å². The number of amides is 2. The standard InChI is InChI=1S/C23H18F3N7O/c24-23(25,26)15-4-3-5-18(12-15)32-22(34)31-17-9-7-16(8-10-17)30-20-13-21(29-14-28-20)33-19-6-1-2-11-27-19/h1-14H,(H2,31,32,34)(H2,27,28,29,30,33). The van der Waals surface area contributed by atoms with Gasteiger partial charge in [-0.05, 0) is 54.6 Å². The van der Waals surface area contributed by atoms with Crippen LogP contribution in [0.5, 0.6) is 0 Å². The summed E-state index contributed by atoms with van der Waals surface area (Å²) in [6.45, 7) is 0. The molecule has 4 rings (SSSR count). The van der Waals surface area contributed by atoms with E-state index in [2.05, 4.69) is 36.2 Å². The maximum Gasteiger partial charge on any atom is 0.416 e. The lowest BCUT2D eigenvalue weighted by Crippen LogP contribution is -2.19. The summed E-state index contributed by atoms with van der Waals surface area (Å²) in [7, 11) is 0. The number of carbonyl (C=O) groups is 1. The van der Waals surface area contributed by atoms with Crippen molar-refractivity contribution in [2.45, 2.75) is 6.18 Å². The van der Waals surface area contributed by atoms with E-state index in [-0.39, 0.29) is 5.69 Å². The lowest BCUT2D eigenvalue weighted by molar-refractivity contribution is -0.137. The van der Waals surface area contributed by atoms with Gasteiger partial charge in [0.15, 0.2) is 0 Å². The van der Waals surface area contributed by atoms with Gasteiger partial charge in [-0.25, -0.2) is 19.7 Å². The van der Waals surface area contributed by atoms with E-state index in [4.69, 9.17) is 0 Å². The molecule has 2 amide bonds. The Bertz CT molecular complexity index is 1270. The summed E-state index contributed by atoms with van der Waals surface area (Å²) >= 11 is 0. The first-order valence-electron chi connectivity index (χ1n) is 9.98. The minimum Gasteiger partial charge on any atom is -0.340 e. The number of anilines is 6. The van der Waals surface area contributed by atoms with Gasteiger partial charge in [-0.15, -0.1) is 0 Å². The van der Waals surface area contributed by atoms with Gasteiger partial charge in [0.25, 0.3) is 0 Å². The lowest BCUT2D eigenvalue weighted by atomic mass is 10.2. The Morgan fingerprint density at radius 3 is 2.09 bits per heavy atom. The highest BCUT2D eigenvalue weighted by atomic mass is 19.4. The summed E-state index contributed by atoms with van der Waals surface area (Å²) in [6, 6.07) is 17.6. The zero-order valence-electron chi connectivity index (χ0n) is 17.5. The predicted molar refractivity (Wildman–Crippen MR) is 123 cm³/mol. The number of hydrogen-bond donors (Lipinski definition) is 4. The fourth-order valence-corrected chi connectivity index (χ4v) is 2.91. The second-order valence-corrected chi connectivity index (χ2v) is 6.99. The molecule has 172 valence electrons. The van der Waals surface area contributed by atoms with Crippen LogP contribution in [0.15, 0.2) is 85.3 Å². The van der Waals surface area contributed by atoms with Gasteiger partial charge in [-0.2, -0.15) is 13.2 Å². The van der Waals surface area contributed by atoms with Crippen LogP contribution in [0.3, 0.4) is 0 Å². The smallest absolute Gasteiger partial charge is 0.340 e. The van der Waals surface area contributed by atoms with Crippen molar-refractivity contribution < 1.29 is 18.0 Å². The van der Waals surface area contributed by atoms with Gasteiger partial charge in [0.1, 0.15) is 23.8 Å². The summed E-state index contributed by atoms with van der Waals surface area (Å²) in [5, 5.41) is 11.2. The number of urea groups is 1. The van der Waals surface area contributed by atoms with Crippen molar-refractivity contribution in [1.29, 1.82) is 0 Å². The molecule has 11 heteroatoms. The number of aromatic nitrogens is 3. The molecule has 0 aliphatic heterocycles. The molecular weight excluding hydrogens is 447 g/mol. The maximum atomic E-state index is 12.8. The SMILES string of the molecule is O=C(Nc1ccc(Nc2cc(Nc3ccccn3)ncn2)cc1)Nc1cccc(C(F)(F)F)c1. The first-order valence-corrected chi connectivity index (χ1v) is 9.98. The van der Waals surface area contributed by atoms with E-state index in [0.717, 1.165) is 12.1 Å². The van der Waals surface area contributed by atoms with Crippen LogP contribution in [-0.2, 0) is 6.18 Å². The van der Waals surface area contributed by atoms with Crippen LogP contribution in [0.1, 0.15) is 5.56 Å². The van der Waals surface area contributed by atoms with Crippen molar-refractivity contribution in [3.05, 3.63) is 90.9 Å². The number of alkyl halides is 3. The number of benzene rings is 2. The van der Waals surface area contributed by atoms with Gasteiger partial charge in [-0.3, -0.25) is 0 Å². The van der Waals surface area contributed by atoms with E-state index >= 15 is 0 Å². The number of pyridine rings is 1. The van der Waals surface area contributed by atoms with E-state index in [9.17, 15) is 18.0 Å². The third-order valence-corrected chi connectivity index (χ3v) is 4.45. The number of hydrogen-bond acceptors (Lipinski definition) is 6. The number of halogens is 3. The summed E-state index contributed by atoms with van der Waals surface area (Å²) in [4.78, 5) is 24.7. The topological polar surface area (TPSA) is 104 Å². The molecule has 0 unspecified atom stereocenters. The first kappa shape index (κ1) is 22.5. The highest BCUT2D eigenvalue weighted by Gasteiger charge is 2.30. The Hall–Kier alpha value is -4.67. The molecule has 2 aromatic carbocycles. The summed E-state index contributed by atoms with van der Waals surface area (Å²) in [6.07, 6.45) is -1.42. The second kappa shape index (κ2) is 9.86. The van der Waals surface area contributed by atoms with E-state index in [1.54, 1.807) is 36.5 Å². The zero-order valence-corrected chi connectivity index (χ0v) is 17.5. The molecular formula is C23H18F3N7O. The first-order chi connectivity index (χ1) is 16.3. The molecule has 34 heavy (non-hydrogen) atoms. The lowest BCUT2D eigenvalue weighted by Gasteiger charge is -2.11. The van der Waals surface area contributed by atoms with Crippen molar-refractivity contribution in [3.8, 4) is 0 Å². The molecule has 0 saturated carbocycles. The van der Waals surface area contributed by atoms with Crippen molar-refractivity contribution in [2.24, 2.45) is 0 Å². The fraction of sp³-hybridized carbons (Fsp3) is 0.0435. The Morgan fingerprint density at radius 1 is 0.676 bits per heavy atom. The predicted octanol–water partition coefficient (Wildman–Crippen LogP) is 6.02. The minimum atomic E-state index is -4.49. The average molecular weight is 465 g/mol. The number of rotatable bonds is 6. The van der Waals surface area contributed by atoms with Crippen molar-refractivity contribution in [2.75, 3.05) is 21.3 Å². The quantitative estimate of drug-likeness (QED) is 0.278. The van der Waals surface area contributed by atoms with Gasteiger partial charge in [0.2, 0.25) is 0 Å². The van der Waals surface area contributed by atoms with Crippen LogP contribution in [0.2, 0.25) is 0 Å². The maximum absolute atomic E-state index is 12.8. The van der Waals surface area contributed by atoms with Crippen molar-refractivity contribution in [1.82, 2.24) is 15.0 Å². The van der Waals surface area contributed by atoms with Crippen LogP contribution in [0, 0.1) is 0 Å². The zero-order chi connectivity index (χ0) is 24.0. The molecule has 0 saturated heterocycles. The molecule has 4 aromatic rings. The molecule has 0 spiro atoms. The van der Waals surface area contributed by atoms with Crippen LogP contribution >= 0.6 is 0 Å². The van der Waals surface area contributed by atoms with Crippen LogP contribution in [-0.4, -0.2) is 21.0 Å². The number of nitrogens with zero attached hydrogens (tertiary/aromatic N) is 3. The Kier molecular flexibility index (Phi) is 6.53. The average Bonchev–Trinajstić information content (AvgIpc) is 2.81. The molecule has 0 bridgehead atoms. The van der Waals surface area contributed by atoms with Crippen LogP contribution in [0.25, 0.3) is 0 Å². The second-order valence-electron chi connectivity index (χ2n) is 6.99. The van der Waals surface area contributed by atoms with Gasteiger partial charge in [-0.1, -0.05) is 12.1 Å². The van der Waals surface area contributed by atoms with Crippen molar-refractivity contribution >= 4 is 40.5 Å². The van der Waals surface area contributed by atoms with Gasteiger partial charge in [0.05, 0.1) is 5.56 Å². The normalized spacial score (nSPS) is 10.9. The molecule has 0 fully saturated rings. The third-order valence-electron chi connectivity index (χ3n) is 4.45. The summed E-state index contributed by atoms with van der Waals surface area (Å²) in [5.41, 5.74) is 0.342. The monoisotopic (exact) mass is 465 g/mol. The molecule has 0 aliphatic rings. The van der Waals surface area contributed by atoms with Crippen LogP contribution < -0.4 is 21.3 Å². The van der Waals surface area contributed by atoms with Gasteiger partial charge >= 0.3 is 12.2 Å². The summed E-state index contributed by atoms with van der Waals surface area (Å²) < 4.78 is 38.5. The molecule has 2 heterocycles. The molecule has 4 N–H and O–H groups in total. The fourth-order valence-electron chi connectivity index (χ4n) is 2.91. The number of nitrogens with one attached hydrogen (secondary N) is 4. The third kappa shape index (κ3) is 6.19. The molecule has 0 radical (unpaired) electrons. The Balaban J connectivity index is 1.35. The molecule has 0 atom stereocenters. The molecule has 2 aromatic heterocycles. The summed E-state index contributed by atoms with van der Waals surface area (Å²) in [5.74, 6) is 1.74. The Labute approximate surface area is 192 Å². The van der Waals surface area contributed by atoms with E-state index in [0.29, 0.717) is 28.8 Å². The molecule has 8 nitrogen and oxygen atoms in total. The number of carbonyl (C=O) groups excluding carboxylic acids is 1. The van der Waals surface area contributed by atoms with E-state index < -0.39 is 17.8 Å². The minimum absolute atomic E-state index is 0.0319. The molecule has 0 aliphatic carbocycles. The van der Waals surface area contributed by atoms with Gasteiger partial charge in [0, 0.05) is 29.3 Å². The van der Waals surface area contributed by atoms with Gasteiger partial charge < -0.3 is 21.3 Å². The van der Waals surface area contributed by atoms with Crippen molar-refractivity contribution in [3.63, 3.8) is 0 Å². The highest BCUT2D eigenvalue weighted by molar-refractivity contribution is 5.99. The van der Waals surface area contributed by atoms with E-state index in [1.165, 1.54) is 18.5 Å². The van der Waals surface area contributed by atoms with E-state index in [1.807, 2.05) is 18.2 Å². The largest absolute Gasteiger partial charge is 0.416 e.